The third-order valence-corrected chi connectivity index (χ3v) is 2.03. The lowest BCUT2D eigenvalue weighted by molar-refractivity contribution is 0.563. The van der Waals surface area contributed by atoms with Gasteiger partial charge in [0, 0.05) is 5.39 Å². The highest BCUT2D eigenvalue weighted by molar-refractivity contribution is 6.02. The second kappa shape index (κ2) is 2.29. The molecule has 0 bridgehead atoms. The molecule has 0 atom stereocenters. The number of nitrogens with zero attached hydrogens (tertiary/aromatic N) is 2. The molecular formula is C10H5N2O. The highest BCUT2D eigenvalue weighted by atomic mass is 16.3. The Balaban J connectivity index is 2.65. The summed E-state index contributed by atoms with van der Waals surface area (Å²) >= 11 is 0. The summed E-state index contributed by atoms with van der Waals surface area (Å²) in [5, 5.41) is 9.97. The third kappa shape index (κ3) is 0.839. The van der Waals surface area contributed by atoms with Crippen molar-refractivity contribution in [2.24, 2.45) is 0 Å². The summed E-state index contributed by atoms with van der Waals surface area (Å²) in [7, 11) is 0. The van der Waals surface area contributed by atoms with Gasteiger partial charge in [-0.2, -0.15) is 0 Å². The Morgan fingerprint density at radius 2 is 1.92 bits per heavy atom. The molecule has 2 heterocycles. The Bertz CT molecular complexity index is 571. The molecule has 0 aliphatic heterocycles. The minimum absolute atomic E-state index is 0.749. The molecule has 1 aromatic carbocycles. The molecule has 0 saturated heterocycles. The molecule has 0 aliphatic rings. The van der Waals surface area contributed by atoms with Crippen LogP contribution in [0.15, 0.2) is 34.9 Å². The van der Waals surface area contributed by atoms with Gasteiger partial charge < -0.3 is 4.42 Å². The van der Waals surface area contributed by atoms with Crippen LogP contribution in [0, 0.1) is 6.26 Å². The van der Waals surface area contributed by atoms with E-state index in [4.69, 9.17) is 4.42 Å². The number of hydrogen-bond acceptors (Lipinski definition) is 3. The molecule has 0 aliphatic carbocycles. The molecule has 0 N–H and O–H groups in total. The van der Waals surface area contributed by atoms with E-state index < -0.39 is 0 Å². The van der Waals surface area contributed by atoms with Gasteiger partial charge in [-0.15, -0.1) is 10.2 Å². The molecule has 0 unspecified atom stereocenters. The van der Waals surface area contributed by atoms with Crippen LogP contribution in [-0.4, -0.2) is 10.2 Å². The number of rotatable bonds is 0. The topological polar surface area (TPSA) is 38.9 Å². The largest absolute Gasteiger partial charge is 0.458 e. The molecule has 61 valence electrons. The summed E-state index contributed by atoms with van der Waals surface area (Å²) in [6, 6.07) is 7.80. The second-order valence-electron chi connectivity index (χ2n) is 2.82. The first kappa shape index (κ1) is 6.60. The maximum Gasteiger partial charge on any atom is 0.180 e. The fraction of sp³-hybridized carbons (Fsp3) is 0. The molecular weight excluding hydrogens is 164 g/mol. The van der Waals surface area contributed by atoms with Crippen LogP contribution in [-0.2, 0) is 0 Å². The molecule has 0 amide bonds. The summed E-state index contributed by atoms with van der Waals surface area (Å²) in [5.74, 6) is 0. The Morgan fingerprint density at radius 3 is 2.92 bits per heavy atom. The Labute approximate surface area is 74.0 Å². The minimum Gasteiger partial charge on any atom is -0.458 e. The molecule has 3 rings (SSSR count). The molecule has 0 fully saturated rings. The molecule has 0 saturated carbocycles. The normalized spacial score (nSPS) is 11.1. The fourth-order valence-corrected chi connectivity index (χ4v) is 1.40. The minimum atomic E-state index is 0.749. The Hall–Kier alpha value is -1.90. The zero-order chi connectivity index (χ0) is 8.67. The molecule has 0 spiro atoms. The van der Waals surface area contributed by atoms with Gasteiger partial charge in [-0.1, -0.05) is 18.2 Å². The Kier molecular flexibility index (Phi) is 1.16. The summed E-state index contributed by atoms with van der Waals surface area (Å²) < 4.78 is 4.95. The van der Waals surface area contributed by atoms with Gasteiger partial charge in [-0.3, -0.25) is 0 Å². The van der Waals surface area contributed by atoms with Gasteiger partial charge in [-0.25, -0.2) is 0 Å². The summed E-state index contributed by atoms with van der Waals surface area (Å²) in [6.07, 6.45) is 4.34. The van der Waals surface area contributed by atoms with Crippen molar-refractivity contribution >= 4 is 21.8 Å². The van der Waals surface area contributed by atoms with Crippen molar-refractivity contribution < 1.29 is 4.42 Å². The quantitative estimate of drug-likeness (QED) is 0.517. The predicted molar refractivity (Wildman–Crippen MR) is 48.1 cm³/mol. The monoisotopic (exact) mass is 169 g/mol. The first-order valence-electron chi connectivity index (χ1n) is 3.95. The van der Waals surface area contributed by atoms with E-state index in [2.05, 4.69) is 16.5 Å². The van der Waals surface area contributed by atoms with E-state index in [9.17, 15) is 0 Å². The van der Waals surface area contributed by atoms with Crippen LogP contribution < -0.4 is 0 Å². The lowest BCUT2D eigenvalue weighted by atomic mass is 10.2. The van der Waals surface area contributed by atoms with Crippen LogP contribution in [0.5, 0.6) is 0 Å². The van der Waals surface area contributed by atoms with Crippen LogP contribution in [0.3, 0.4) is 0 Å². The van der Waals surface area contributed by atoms with E-state index >= 15 is 0 Å². The van der Waals surface area contributed by atoms with Crippen LogP contribution in [0.1, 0.15) is 0 Å². The number of benzene rings is 1. The summed E-state index contributed by atoms with van der Waals surface area (Å²) in [4.78, 5) is 0. The van der Waals surface area contributed by atoms with Gasteiger partial charge in [0.05, 0.1) is 10.9 Å². The first-order valence-corrected chi connectivity index (χ1v) is 3.95. The van der Waals surface area contributed by atoms with Crippen molar-refractivity contribution in [3.8, 4) is 0 Å². The predicted octanol–water partition coefficient (Wildman–Crippen LogP) is 2.18. The van der Waals surface area contributed by atoms with E-state index in [0.29, 0.717) is 0 Å². The zero-order valence-electron chi connectivity index (χ0n) is 6.69. The van der Waals surface area contributed by atoms with Crippen LogP contribution in [0.4, 0.5) is 0 Å². The molecule has 3 heteroatoms. The van der Waals surface area contributed by atoms with Gasteiger partial charge >= 0.3 is 0 Å². The lowest BCUT2D eigenvalue weighted by Crippen LogP contribution is -1.83. The van der Waals surface area contributed by atoms with Crippen molar-refractivity contribution in [3.63, 3.8) is 0 Å². The first-order chi connectivity index (χ1) is 6.45. The van der Waals surface area contributed by atoms with Crippen LogP contribution in [0.2, 0.25) is 0 Å². The van der Waals surface area contributed by atoms with Crippen molar-refractivity contribution in [2.75, 3.05) is 0 Å². The number of aromatic nitrogens is 2. The van der Waals surface area contributed by atoms with Gasteiger partial charge in [0.2, 0.25) is 0 Å². The van der Waals surface area contributed by atoms with Crippen molar-refractivity contribution in [1.82, 2.24) is 10.2 Å². The highest BCUT2D eigenvalue weighted by Gasteiger charge is 2.03. The van der Waals surface area contributed by atoms with E-state index in [-0.39, 0.29) is 0 Å². The van der Waals surface area contributed by atoms with E-state index in [1.807, 2.05) is 24.3 Å². The van der Waals surface area contributed by atoms with Crippen molar-refractivity contribution in [2.45, 2.75) is 0 Å². The number of furan rings is 1. The zero-order valence-corrected chi connectivity index (χ0v) is 6.69. The SMILES string of the molecule is [c]1occ2nnc3ccccc3c12. The molecule has 3 nitrogen and oxygen atoms in total. The van der Waals surface area contributed by atoms with Gasteiger partial charge in [-0.05, 0) is 6.07 Å². The molecule has 3 aromatic rings. The van der Waals surface area contributed by atoms with E-state index in [1.54, 1.807) is 6.26 Å². The van der Waals surface area contributed by atoms with Gasteiger partial charge in [0.15, 0.2) is 6.26 Å². The van der Waals surface area contributed by atoms with Crippen LogP contribution in [0.25, 0.3) is 21.8 Å². The molecule has 2 aromatic heterocycles. The molecule has 1 radical (unpaired) electrons. The van der Waals surface area contributed by atoms with Crippen molar-refractivity contribution in [3.05, 3.63) is 36.8 Å². The smallest absolute Gasteiger partial charge is 0.180 e. The van der Waals surface area contributed by atoms with Gasteiger partial charge in [0.25, 0.3) is 0 Å². The number of hydrogen-bond donors (Lipinski definition) is 0. The highest BCUT2D eigenvalue weighted by Crippen LogP contribution is 2.21. The van der Waals surface area contributed by atoms with Crippen molar-refractivity contribution in [1.29, 1.82) is 0 Å². The standard InChI is InChI=1S/C10H5N2O/c1-2-4-9-7(3-1)8-5-13-6-10(8)12-11-9/h1-4,6H. The van der Waals surface area contributed by atoms with E-state index in [1.165, 1.54) is 0 Å². The third-order valence-electron chi connectivity index (χ3n) is 2.03. The van der Waals surface area contributed by atoms with Crippen LogP contribution >= 0.6 is 0 Å². The lowest BCUT2D eigenvalue weighted by Gasteiger charge is -1.94. The maximum absolute atomic E-state index is 4.95. The van der Waals surface area contributed by atoms with Gasteiger partial charge in [0.1, 0.15) is 11.8 Å². The molecule has 13 heavy (non-hydrogen) atoms. The average Bonchev–Trinajstić information content (AvgIpc) is 2.65. The van der Waals surface area contributed by atoms with E-state index in [0.717, 1.165) is 21.8 Å². The number of fused-ring (bicyclic) bond motifs is 3. The summed E-state index contributed by atoms with van der Waals surface area (Å²) in [6.45, 7) is 0. The second-order valence-corrected chi connectivity index (χ2v) is 2.82. The summed E-state index contributed by atoms with van der Waals surface area (Å²) in [5.41, 5.74) is 1.62. The Morgan fingerprint density at radius 1 is 1.08 bits per heavy atom. The maximum atomic E-state index is 4.95. The fourth-order valence-electron chi connectivity index (χ4n) is 1.40. The average molecular weight is 169 g/mol.